The summed E-state index contributed by atoms with van der Waals surface area (Å²) >= 11 is 0. The average molecular weight is 223 g/mol. The lowest BCUT2D eigenvalue weighted by Crippen LogP contribution is -2.18. The van der Waals surface area contributed by atoms with Crippen molar-refractivity contribution < 1.29 is 8.78 Å². The van der Waals surface area contributed by atoms with Crippen molar-refractivity contribution >= 4 is 0 Å². The van der Waals surface area contributed by atoms with Gasteiger partial charge in [-0.05, 0) is 32.0 Å². The molecule has 0 bridgehead atoms. The fourth-order valence-electron chi connectivity index (χ4n) is 1.63. The van der Waals surface area contributed by atoms with Gasteiger partial charge in [-0.15, -0.1) is 12.3 Å². The lowest BCUT2D eigenvalue weighted by molar-refractivity contribution is 0.504. The number of halogens is 2. The molecule has 1 rings (SSSR count). The zero-order chi connectivity index (χ0) is 12.1. The van der Waals surface area contributed by atoms with Crippen molar-refractivity contribution in [3.63, 3.8) is 0 Å². The zero-order valence-electron chi connectivity index (χ0n) is 9.48. The second-order valence-electron chi connectivity index (χ2n) is 3.71. The van der Waals surface area contributed by atoms with Crippen LogP contribution in [0.4, 0.5) is 8.78 Å². The number of hydrogen-bond acceptors (Lipinski definition) is 1. The smallest absolute Gasteiger partial charge is 0.130 e. The van der Waals surface area contributed by atoms with Crippen molar-refractivity contribution in [2.75, 3.05) is 7.05 Å². The summed E-state index contributed by atoms with van der Waals surface area (Å²) in [5, 5.41) is 2.98. The van der Waals surface area contributed by atoms with E-state index in [1.807, 2.05) is 0 Å². The second kappa shape index (κ2) is 5.62. The SMILES string of the molecule is C#CCCC(NC)c1cc(C)c(F)cc1F. The third-order valence-corrected chi connectivity index (χ3v) is 2.58. The summed E-state index contributed by atoms with van der Waals surface area (Å²) in [6.07, 6.45) is 6.36. The van der Waals surface area contributed by atoms with E-state index in [0.717, 1.165) is 6.07 Å². The molecule has 0 aliphatic carbocycles. The maximum Gasteiger partial charge on any atom is 0.130 e. The van der Waals surface area contributed by atoms with E-state index < -0.39 is 11.6 Å². The number of aryl methyl sites for hydroxylation is 1. The molecule has 1 N–H and O–H groups in total. The van der Waals surface area contributed by atoms with Crippen LogP contribution < -0.4 is 5.32 Å². The Kier molecular flexibility index (Phi) is 4.45. The minimum absolute atomic E-state index is 0.171. The lowest BCUT2D eigenvalue weighted by Gasteiger charge is -2.17. The van der Waals surface area contributed by atoms with Crippen LogP contribution in [0, 0.1) is 30.9 Å². The maximum atomic E-state index is 13.6. The Bertz CT molecular complexity index is 407. The van der Waals surface area contributed by atoms with Crippen molar-refractivity contribution in [3.8, 4) is 12.3 Å². The molecule has 1 unspecified atom stereocenters. The van der Waals surface area contributed by atoms with Gasteiger partial charge in [-0.25, -0.2) is 8.78 Å². The van der Waals surface area contributed by atoms with Gasteiger partial charge in [0.15, 0.2) is 0 Å². The normalized spacial score (nSPS) is 12.2. The van der Waals surface area contributed by atoms with Gasteiger partial charge in [0.1, 0.15) is 11.6 Å². The van der Waals surface area contributed by atoms with Gasteiger partial charge in [0.2, 0.25) is 0 Å². The molecule has 0 saturated carbocycles. The van der Waals surface area contributed by atoms with E-state index in [2.05, 4.69) is 11.2 Å². The van der Waals surface area contributed by atoms with Gasteiger partial charge in [0, 0.05) is 24.1 Å². The first kappa shape index (κ1) is 12.7. The highest BCUT2D eigenvalue weighted by molar-refractivity contribution is 5.28. The predicted octanol–water partition coefficient (Wildman–Crippen LogP) is 2.95. The molecule has 1 nitrogen and oxygen atoms in total. The van der Waals surface area contributed by atoms with Gasteiger partial charge in [0.25, 0.3) is 0 Å². The minimum atomic E-state index is -0.528. The standard InChI is InChI=1S/C13H15F2N/c1-4-5-6-13(16-3)10-7-9(2)11(14)8-12(10)15/h1,7-8,13,16H,5-6H2,2-3H3. The van der Waals surface area contributed by atoms with Crippen LogP contribution in [0.5, 0.6) is 0 Å². The van der Waals surface area contributed by atoms with Gasteiger partial charge < -0.3 is 5.32 Å². The van der Waals surface area contributed by atoms with E-state index in [1.54, 1.807) is 14.0 Å². The topological polar surface area (TPSA) is 12.0 Å². The van der Waals surface area contributed by atoms with Crippen molar-refractivity contribution in [3.05, 3.63) is 34.9 Å². The molecule has 0 aliphatic rings. The van der Waals surface area contributed by atoms with Crippen LogP contribution in [-0.4, -0.2) is 7.05 Å². The first-order valence-electron chi connectivity index (χ1n) is 5.16. The van der Waals surface area contributed by atoms with Crippen molar-refractivity contribution in [2.24, 2.45) is 0 Å². The van der Waals surface area contributed by atoms with Gasteiger partial charge in [-0.3, -0.25) is 0 Å². The van der Waals surface area contributed by atoms with Crippen molar-refractivity contribution in [1.82, 2.24) is 5.32 Å². The third kappa shape index (κ3) is 2.80. The molecular formula is C13H15F2N. The predicted molar refractivity (Wildman–Crippen MR) is 61.0 cm³/mol. The molecule has 0 heterocycles. The molecule has 0 amide bonds. The highest BCUT2D eigenvalue weighted by Gasteiger charge is 2.15. The Hall–Kier alpha value is -1.40. The summed E-state index contributed by atoms with van der Waals surface area (Å²) in [5.74, 6) is 1.46. The van der Waals surface area contributed by atoms with Crippen molar-refractivity contribution in [1.29, 1.82) is 0 Å². The van der Waals surface area contributed by atoms with Crippen LogP contribution in [0.25, 0.3) is 0 Å². The number of hydrogen-bond donors (Lipinski definition) is 1. The molecule has 1 aromatic rings. The number of rotatable bonds is 4. The lowest BCUT2D eigenvalue weighted by atomic mass is 9.99. The largest absolute Gasteiger partial charge is 0.313 e. The van der Waals surface area contributed by atoms with Gasteiger partial charge >= 0.3 is 0 Å². The van der Waals surface area contributed by atoms with Gasteiger partial charge in [0.05, 0.1) is 0 Å². The van der Waals surface area contributed by atoms with E-state index in [4.69, 9.17) is 6.42 Å². The summed E-state index contributed by atoms with van der Waals surface area (Å²) in [7, 11) is 1.74. The van der Waals surface area contributed by atoms with Crippen LogP contribution in [0.15, 0.2) is 12.1 Å². The van der Waals surface area contributed by atoms with E-state index in [9.17, 15) is 8.78 Å². The summed E-state index contributed by atoms with van der Waals surface area (Å²) < 4.78 is 26.6. The number of nitrogens with one attached hydrogen (secondary N) is 1. The Balaban J connectivity index is 3.01. The fraction of sp³-hybridized carbons (Fsp3) is 0.385. The van der Waals surface area contributed by atoms with Gasteiger partial charge in [-0.2, -0.15) is 0 Å². The summed E-state index contributed by atoms with van der Waals surface area (Å²) in [5.41, 5.74) is 0.911. The Morgan fingerprint density at radius 1 is 1.38 bits per heavy atom. The molecular weight excluding hydrogens is 208 g/mol. The van der Waals surface area contributed by atoms with Crippen LogP contribution in [0.2, 0.25) is 0 Å². The van der Waals surface area contributed by atoms with Crippen molar-refractivity contribution in [2.45, 2.75) is 25.8 Å². The van der Waals surface area contributed by atoms with Crippen LogP contribution in [0.1, 0.15) is 30.0 Å². The molecule has 0 fully saturated rings. The molecule has 1 atom stereocenters. The van der Waals surface area contributed by atoms with E-state index in [1.165, 1.54) is 6.07 Å². The summed E-state index contributed by atoms with van der Waals surface area (Å²) in [4.78, 5) is 0. The molecule has 1 aromatic carbocycles. The molecule has 0 aromatic heterocycles. The van der Waals surface area contributed by atoms with E-state index in [-0.39, 0.29) is 6.04 Å². The molecule has 16 heavy (non-hydrogen) atoms. The van der Waals surface area contributed by atoms with Crippen LogP contribution in [0.3, 0.4) is 0 Å². The molecule has 86 valence electrons. The average Bonchev–Trinajstić information content (AvgIpc) is 2.26. The first-order valence-corrected chi connectivity index (χ1v) is 5.16. The maximum absolute atomic E-state index is 13.6. The molecule has 0 aliphatic heterocycles. The molecule has 0 saturated heterocycles. The summed E-state index contributed by atoms with van der Waals surface area (Å²) in [6.45, 7) is 1.62. The monoisotopic (exact) mass is 223 g/mol. The number of benzene rings is 1. The summed E-state index contributed by atoms with van der Waals surface area (Å²) in [6, 6.07) is 2.28. The Labute approximate surface area is 94.9 Å². The first-order chi connectivity index (χ1) is 7.60. The highest BCUT2D eigenvalue weighted by Crippen LogP contribution is 2.23. The minimum Gasteiger partial charge on any atom is -0.313 e. The highest BCUT2D eigenvalue weighted by atomic mass is 19.1. The Morgan fingerprint density at radius 2 is 2.06 bits per heavy atom. The quantitative estimate of drug-likeness (QED) is 0.774. The molecule has 0 spiro atoms. The third-order valence-electron chi connectivity index (χ3n) is 2.58. The van der Waals surface area contributed by atoms with E-state index in [0.29, 0.717) is 24.0 Å². The second-order valence-corrected chi connectivity index (χ2v) is 3.71. The zero-order valence-corrected chi connectivity index (χ0v) is 9.48. The Morgan fingerprint density at radius 3 is 2.62 bits per heavy atom. The van der Waals surface area contributed by atoms with Gasteiger partial charge in [-0.1, -0.05) is 0 Å². The number of terminal acetylenes is 1. The molecule has 0 radical (unpaired) electrons. The van der Waals surface area contributed by atoms with Crippen LogP contribution in [-0.2, 0) is 0 Å². The molecule has 3 heteroatoms. The fourth-order valence-corrected chi connectivity index (χ4v) is 1.63. The van der Waals surface area contributed by atoms with Crippen LogP contribution >= 0.6 is 0 Å². The van der Waals surface area contributed by atoms with E-state index >= 15 is 0 Å².